The van der Waals surface area contributed by atoms with Gasteiger partial charge in [-0.25, -0.2) is 4.79 Å². The zero-order valence-electron chi connectivity index (χ0n) is 7.91. The number of carboxylic acids is 1. The van der Waals surface area contributed by atoms with Crippen molar-refractivity contribution in [1.29, 1.82) is 5.26 Å². The van der Waals surface area contributed by atoms with Crippen LogP contribution in [0.2, 0.25) is 0 Å². The van der Waals surface area contributed by atoms with Gasteiger partial charge in [0, 0.05) is 5.56 Å². The van der Waals surface area contributed by atoms with Gasteiger partial charge in [0.1, 0.15) is 5.52 Å². The van der Waals surface area contributed by atoms with E-state index in [0.717, 1.165) is 0 Å². The molecule has 0 aliphatic heterocycles. The number of nitrogens with zero attached hydrogens (tertiary/aromatic N) is 2. The molecule has 1 aromatic heterocycles. The molecule has 1 unspecified atom stereocenters. The standard InChI is InChI=1S/C10H6N2O4/c11-4-7-12-8-5(9(13)10(14)15)2-1-3-6(8)16-7/h1-3,9,13H,(H,14,15). The van der Waals surface area contributed by atoms with Crippen molar-refractivity contribution in [2.75, 3.05) is 0 Å². The van der Waals surface area contributed by atoms with Gasteiger partial charge in [-0.15, -0.1) is 0 Å². The summed E-state index contributed by atoms with van der Waals surface area (Å²) in [6.45, 7) is 0. The third-order valence-electron chi connectivity index (χ3n) is 2.07. The van der Waals surface area contributed by atoms with E-state index in [1.807, 2.05) is 0 Å². The van der Waals surface area contributed by atoms with E-state index >= 15 is 0 Å². The van der Waals surface area contributed by atoms with Gasteiger partial charge in [-0.3, -0.25) is 0 Å². The zero-order valence-corrected chi connectivity index (χ0v) is 7.91. The zero-order chi connectivity index (χ0) is 11.7. The molecular weight excluding hydrogens is 212 g/mol. The molecule has 2 aromatic rings. The summed E-state index contributed by atoms with van der Waals surface area (Å²) in [6, 6.07) is 6.19. The fourth-order valence-electron chi connectivity index (χ4n) is 1.37. The first-order valence-electron chi connectivity index (χ1n) is 4.34. The Morgan fingerprint density at radius 3 is 2.94 bits per heavy atom. The fourth-order valence-corrected chi connectivity index (χ4v) is 1.37. The van der Waals surface area contributed by atoms with Gasteiger partial charge in [-0.2, -0.15) is 10.2 Å². The summed E-state index contributed by atoms with van der Waals surface area (Å²) < 4.78 is 5.01. The molecule has 0 bridgehead atoms. The number of hydrogen-bond acceptors (Lipinski definition) is 5. The number of fused-ring (bicyclic) bond motifs is 1. The second kappa shape index (κ2) is 3.64. The molecule has 0 aliphatic carbocycles. The van der Waals surface area contributed by atoms with E-state index < -0.39 is 12.1 Å². The highest BCUT2D eigenvalue weighted by Crippen LogP contribution is 2.24. The molecule has 0 radical (unpaired) electrons. The smallest absolute Gasteiger partial charge is 0.337 e. The van der Waals surface area contributed by atoms with E-state index in [9.17, 15) is 9.90 Å². The highest BCUT2D eigenvalue weighted by Gasteiger charge is 2.21. The van der Waals surface area contributed by atoms with E-state index in [2.05, 4.69) is 4.98 Å². The summed E-state index contributed by atoms with van der Waals surface area (Å²) in [5.41, 5.74) is 0.568. The van der Waals surface area contributed by atoms with Gasteiger partial charge in [0.15, 0.2) is 17.8 Å². The lowest BCUT2D eigenvalue weighted by atomic mass is 10.1. The predicted octanol–water partition coefficient (Wildman–Crippen LogP) is 0.817. The van der Waals surface area contributed by atoms with Crippen LogP contribution < -0.4 is 0 Å². The van der Waals surface area contributed by atoms with Crippen LogP contribution >= 0.6 is 0 Å². The molecule has 0 fully saturated rings. The van der Waals surface area contributed by atoms with Crippen LogP contribution in [0.4, 0.5) is 0 Å². The minimum absolute atomic E-state index is 0.107. The van der Waals surface area contributed by atoms with Crippen molar-refractivity contribution in [1.82, 2.24) is 4.98 Å². The average molecular weight is 218 g/mol. The Morgan fingerprint density at radius 1 is 1.56 bits per heavy atom. The molecule has 2 rings (SSSR count). The molecule has 80 valence electrons. The first kappa shape index (κ1) is 10.1. The second-order valence-electron chi connectivity index (χ2n) is 3.07. The van der Waals surface area contributed by atoms with Crippen LogP contribution in [0, 0.1) is 11.3 Å². The van der Waals surface area contributed by atoms with E-state index in [1.165, 1.54) is 12.1 Å². The Hall–Kier alpha value is -2.39. The van der Waals surface area contributed by atoms with Crippen LogP contribution in [0.15, 0.2) is 22.6 Å². The lowest BCUT2D eigenvalue weighted by Crippen LogP contribution is -2.10. The van der Waals surface area contributed by atoms with Crippen molar-refractivity contribution in [3.63, 3.8) is 0 Å². The summed E-state index contributed by atoms with van der Waals surface area (Å²) >= 11 is 0. The monoisotopic (exact) mass is 218 g/mol. The van der Waals surface area contributed by atoms with Crippen LogP contribution in [0.1, 0.15) is 17.6 Å². The van der Waals surface area contributed by atoms with Gasteiger partial charge in [0.25, 0.3) is 0 Å². The number of carboxylic acid groups (broad SMARTS) is 1. The Labute approximate surface area is 89.4 Å². The second-order valence-corrected chi connectivity index (χ2v) is 3.07. The van der Waals surface area contributed by atoms with Crippen LogP contribution in [-0.2, 0) is 4.79 Å². The average Bonchev–Trinajstić information content (AvgIpc) is 2.70. The fraction of sp³-hybridized carbons (Fsp3) is 0.100. The number of aliphatic hydroxyl groups excluding tert-OH is 1. The van der Waals surface area contributed by atoms with Gasteiger partial charge < -0.3 is 14.6 Å². The van der Waals surface area contributed by atoms with Gasteiger partial charge in [0.2, 0.25) is 0 Å². The van der Waals surface area contributed by atoms with E-state index in [-0.39, 0.29) is 22.6 Å². The Kier molecular flexibility index (Phi) is 2.31. The summed E-state index contributed by atoms with van der Waals surface area (Å²) in [7, 11) is 0. The summed E-state index contributed by atoms with van der Waals surface area (Å²) in [6.07, 6.45) is -1.68. The lowest BCUT2D eigenvalue weighted by Gasteiger charge is -2.04. The Balaban J connectivity index is 2.66. The number of rotatable bonds is 2. The number of aliphatic carboxylic acids is 1. The number of oxazole rings is 1. The molecule has 0 amide bonds. The molecule has 2 N–H and O–H groups in total. The molecule has 0 spiro atoms. The maximum atomic E-state index is 10.6. The maximum absolute atomic E-state index is 10.6. The van der Waals surface area contributed by atoms with E-state index in [4.69, 9.17) is 14.8 Å². The summed E-state index contributed by atoms with van der Waals surface area (Å²) in [5, 5.41) is 26.7. The molecular formula is C10H6N2O4. The number of nitriles is 1. The molecule has 0 saturated carbocycles. The molecule has 0 saturated heterocycles. The number of aliphatic hydroxyl groups is 1. The van der Waals surface area contributed by atoms with Gasteiger partial charge in [-0.05, 0) is 6.07 Å². The number of aromatic nitrogens is 1. The molecule has 1 atom stereocenters. The largest absolute Gasteiger partial charge is 0.479 e. The Morgan fingerprint density at radius 2 is 2.31 bits per heavy atom. The summed E-state index contributed by atoms with van der Waals surface area (Å²) in [4.78, 5) is 14.4. The van der Waals surface area contributed by atoms with Gasteiger partial charge >= 0.3 is 11.9 Å². The first-order valence-corrected chi connectivity index (χ1v) is 4.34. The van der Waals surface area contributed by atoms with Gasteiger partial charge in [-0.1, -0.05) is 12.1 Å². The number of carbonyl (C=O) groups is 1. The van der Waals surface area contributed by atoms with Crippen LogP contribution in [0.3, 0.4) is 0 Å². The van der Waals surface area contributed by atoms with Crippen molar-refractivity contribution < 1.29 is 19.4 Å². The number of para-hydroxylation sites is 1. The van der Waals surface area contributed by atoms with Crippen LogP contribution in [0.25, 0.3) is 11.1 Å². The first-order chi connectivity index (χ1) is 7.63. The van der Waals surface area contributed by atoms with Crippen molar-refractivity contribution in [3.05, 3.63) is 29.7 Å². The molecule has 6 nitrogen and oxygen atoms in total. The van der Waals surface area contributed by atoms with E-state index in [0.29, 0.717) is 0 Å². The van der Waals surface area contributed by atoms with Crippen molar-refractivity contribution in [2.45, 2.75) is 6.10 Å². The molecule has 6 heteroatoms. The minimum Gasteiger partial charge on any atom is -0.479 e. The third kappa shape index (κ3) is 1.49. The predicted molar refractivity (Wildman–Crippen MR) is 51.3 cm³/mol. The van der Waals surface area contributed by atoms with Crippen molar-refractivity contribution >= 4 is 17.1 Å². The van der Waals surface area contributed by atoms with Crippen LogP contribution in [-0.4, -0.2) is 21.2 Å². The highest BCUT2D eigenvalue weighted by molar-refractivity contribution is 5.84. The van der Waals surface area contributed by atoms with Crippen LogP contribution in [0.5, 0.6) is 0 Å². The lowest BCUT2D eigenvalue weighted by molar-refractivity contribution is -0.146. The Bertz CT molecular complexity index is 596. The SMILES string of the molecule is N#Cc1nc2c(C(O)C(=O)O)cccc2o1. The van der Waals surface area contributed by atoms with Gasteiger partial charge in [0.05, 0.1) is 0 Å². The molecule has 0 aliphatic rings. The topological polar surface area (TPSA) is 107 Å². The third-order valence-corrected chi connectivity index (χ3v) is 2.07. The van der Waals surface area contributed by atoms with Crippen molar-refractivity contribution in [2.24, 2.45) is 0 Å². The molecule has 16 heavy (non-hydrogen) atoms. The quantitative estimate of drug-likeness (QED) is 0.772. The van der Waals surface area contributed by atoms with E-state index in [1.54, 1.807) is 12.1 Å². The van der Waals surface area contributed by atoms with Crippen molar-refractivity contribution in [3.8, 4) is 6.07 Å². The number of benzene rings is 1. The molecule has 1 heterocycles. The maximum Gasteiger partial charge on any atom is 0.337 e. The normalized spacial score (nSPS) is 12.2. The highest BCUT2D eigenvalue weighted by atomic mass is 16.4. The number of hydrogen-bond donors (Lipinski definition) is 2. The molecule has 1 aromatic carbocycles. The minimum atomic E-state index is -1.68. The summed E-state index contributed by atoms with van der Waals surface area (Å²) in [5.74, 6) is -1.55.